The Labute approximate surface area is 190 Å². The van der Waals surface area contributed by atoms with Crippen molar-refractivity contribution in [3.63, 3.8) is 0 Å². The van der Waals surface area contributed by atoms with Crippen molar-refractivity contribution in [1.29, 1.82) is 0 Å². The Morgan fingerprint density at radius 3 is 1.22 bits per heavy atom. The molecule has 0 aromatic carbocycles. The molecular formula is C7H6Br10O. The maximum absolute atomic E-state index is 9.51. The van der Waals surface area contributed by atoms with Crippen LogP contribution in [0.4, 0.5) is 0 Å². The zero-order valence-electron chi connectivity index (χ0n) is 8.43. The maximum Gasteiger partial charge on any atom is 0.135 e. The zero-order chi connectivity index (χ0) is 15.2. The molecule has 0 spiro atoms. The van der Waals surface area contributed by atoms with E-state index in [0.29, 0.717) is 0 Å². The largest absolute Gasteiger partial charge is 0.394 e. The number of aliphatic hydroxyl groups is 1. The zero-order valence-corrected chi connectivity index (χ0v) is 24.3. The second-order valence-corrected chi connectivity index (χ2v) is 21.8. The fourth-order valence-corrected chi connectivity index (χ4v) is 8.09. The van der Waals surface area contributed by atoms with Crippen LogP contribution in [0, 0.1) is 0 Å². The minimum Gasteiger partial charge on any atom is -0.394 e. The molecule has 0 aromatic heterocycles. The monoisotopic (exact) mass is 895 g/mol. The van der Waals surface area contributed by atoms with Crippen LogP contribution in [0.25, 0.3) is 0 Å². The molecule has 0 aliphatic rings. The first-order valence-corrected chi connectivity index (χ1v) is 12.0. The Kier molecular flexibility index (Phi) is 9.27. The molecule has 0 fully saturated rings. The number of hydrogen-bond acceptors (Lipinski definition) is 1. The van der Waals surface area contributed by atoms with E-state index in [4.69, 9.17) is 0 Å². The molecule has 0 atom stereocenters. The Hall–Kier alpha value is 4.76. The minimum absolute atomic E-state index is 0.167. The van der Waals surface area contributed by atoms with Crippen molar-refractivity contribution in [3.8, 4) is 0 Å². The molecule has 0 radical (unpaired) electrons. The highest BCUT2D eigenvalue weighted by Crippen LogP contribution is 2.70. The van der Waals surface area contributed by atoms with Gasteiger partial charge in [-0.3, -0.25) is 0 Å². The summed E-state index contributed by atoms with van der Waals surface area (Å²) in [5.41, 5.74) is 0. The quantitative estimate of drug-likeness (QED) is 0.285. The van der Waals surface area contributed by atoms with Gasteiger partial charge in [-0.25, -0.2) is 0 Å². The highest BCUT2D eigenvalue weighted by molar-refractivity contribution is 9.35. The van der Waals surface area contributed by atoms with Gasteiger partial charge in [-0.15, -0.1) is 0 Å². The third-order valence-corrected chi connectivity index (χ3v) is 21.1. The molecule has 0 bridgehead atoms. The van der Waals surface area contributed by atoms with Crippen LogP contribution in [0.5, 0.6) is 0 Å². The van der Waals surface area contributed by atoms with Gasteiger partial charge in [-0.2, -0.15) is 0 Å². The molecule has 0 aliphatic carbocycles. The summed E-state index contributed by atoms with van der Waals surface area (Å²) in [7, 11) is 0. The molecule has 18 heavy (non-hydrogen) atoms. The number of hydrogen-bond donors (Lipinski definition) is 1. The molecule has 0 amide bonds. The summed E-state index contributed by atoms with van der Waals surface area (Å²) < 4.78 is -3.67. The average molecular weight is 905 g/mol. The van der Waals surface area contributed by atoms with E-state index in [1.807, 2.05) is 6.92 Å². The van der Waals surface area contributed by atoms with E-state index in [1.54, 1.807) is 0 Å². The van der Waals surface area contributed by atoms with Gasteiger partial charge in [0.15, 0.2) is 0 Å². The Morgan fingerprint density at radius 2 is 1.00 bits per heavy atom. The second kappa shape index (κ2) is 7.33. The van der Waals surface area contributed by atoms with Gasteiger partial charge in [0, 0.05) is 0 Å². The van der Waals surface area contributed by atoms with Crippen molar-refractivity contribution < 1.29 is 5.11 Å². The van der Waals surface area contributed by atoms with Crippen LogP contribution < -0.4 is 0 Å². The van der Waals surface area contributed by atoms with Gasteiger partial charge < -0.3 is 5.11 Å². The van der Waals surface area contributed by atoms with E-state index in [1.165, 1.54) is 0 Å². The third kappa shape index (κ3) is 4.23. The lowest BCUT2D eigenvalue weighted by Gasteiger charge is -2.51. The summed E-state index contributed by atoms with van der Waals surface area (Å²) in [6.45, 7) is 1.76. The lowest BCUT2D eigenvalue weighted by atomic mass is 10.1. The van der Waals surface area contributed by atoms with Gasteiger partial charge >= 0.3 is 0 Å². The lowest BCUT2D eigenvalue weighted by molar-refractivity contribution is 0.282. The second-order valence-electron chi connectivity index (χ2n) is 3.47. The number of alkyl halides is 10. The van der Waals surface area contributed by atoms with Crippen LogP contribution in [0.3, 0.4) is 0 Å². The minimum atomic E-state index is -0.835. The smallest absolute Gasteiger partial charge is 0.135 e. The van der Waals surface area contributed by atoms with E-state index in [9.17, 15) is 5.11 Å². The van der Waals surface area contributed by atoms with Crippen LogP contribution in [0.1, 0.15) is 6.92 Å². The van der Waals surface area contributed by atoms with Crippen LogP contribution in [-0.2, 0) is 0 Å². The van der Waals surface area contributed by atoms with Crippen LogP contribution in [0.2, 0.25) is 0 Å². The van der Waals surface area contributed by atoms with E-state index < -0.39 is 16.2 Å². The summed E-state index contributed by atoms with van der Waals surface area (Å²) in [5, 5.41) is 9.51. The number of aliphatic hydroxyl groups excluding tert-OH is 1. The molecule has 0 heterocycles. The first-order chi connectivity index (χ1) is 7.56. The van der Waals surface area contributed by atoms with Crippen molar-refractivity contribution in [2.24, 2.45) is 0 Å². The van der Waals surface area contributed by atoms with Crippen molar-refractivity contribution in [2.75, 3.05) is 6.61 Å². The van der Waals surface area contributed by atoms with Crippen molar-refractivity contribution in [3.05, 3.63) is 0 Å². The molecule has 0 aromatic rings. The molecule has 110 valence electrons. The summed E-state index contributed by atoms with van der Waals surface area (Å²) in [6.07, 6.45) is 0. The Morgan fingerprint density at radius 1 is 0.667 bits per heavy atom. The molecule has 0 saturated carbocycles. The van der Waals surface area contributed by atoms with E-state index >= 15 is 0 Å². The molecular weight excluding hydrogens is 899 g/mol. The first-order valence-electron chi connectivity index (χ1n) is 4.06. The fourth-order valence-electron chi connectivity index (χ4n) is 0.802. The predicted molar refractivity (Wildman–Crippen MR) is 116 cm³/mol. The highest BCUT2D eigenvalue weighted by atomic mass is 79.9. The summed E-state index contributed by atoms with van der Waals surface area (Å²) in [5.74, 6) is 0. The van der Waals surface area contributed by atoms with Crippen molar-refractivity contribution in [1.82, 2.24) is 0 Å². The SMILES string of the molecule is CC(Br)(Br)C(Br)(Br)C(Br)(Br)C(Br)(Br)C(Br)(Br)CO. The lowest BCUT2D eigenvalue weighted by Crippen LogP contribution is -2.60. The normalized spacial score (nSPS) is 16.0. The summed E-state index contributed by atoms with van der Waals surface area (Å²) in [4.78, 5) is 0. The van der Waals surface area contributed by atoms with Crippen LogP contribution in [-0.4, -0.2) is 27.9 Å². The van der Waals surface area contributed by atoms with E-state index in [2.05, 4.69) is 159 Å². The van der Waals surface area contributed by atoms with Crippen LogP contribution >= 0.6 is 159 Å². The fraction of sp³-hybridized carbons (Fsp3) is 1.00. The third-order valence-electron chi connectivity index (χ3n) is 2.00. The van der Waals surface area contributed by atoms with Gasteiger partial charge in [0.25, 0.3) is 0 Å². The van der Waals surface area contributed by atoms with Gasteiger partial charge in [-0.1, -0.05) is 159 Å². The van der Waals surface area contributed by atoms with Gasteiger partial charge in [0.2, 0.25) is 0 Å². The standard InChI is InChI=1S/C7H6Br10O/c1-3(8,9)5(12,13)7(16,17)6(14,15)4(10,11)2-18/h18H,2H2,1H3. The number of rotatable bonds is 5. The predicted octanol–water partition coefficient (Wildman–Crippen LogP) is 7.43. The topological polar surface area (TPSA) is 20.2 Å². The molecule has 1 N–H and O–H groups in total. The Balaban J connectivity index is 5.80. The van der Waals surface area contributed by atoms with Crippen molar-refractivity contribution >= 4 is 159 Å². The van der Waals surface area contributed by atoms with E-state index in [-0.39, 0.29) is 6.61 Å². The molecule has 0 aliphatic heterocycles. The highest BCUT2D eigenvalue weighted by Gasteiger charge is 2.68. The first kappa shape index (κ1) is 22.8. The molecule has 0 rings (SSSR count). The Bertz CT molecular complexity index is 304. The van der Waals surface area contributed by atoms with Gasteiger partial charge in [0.05, 0.1) is 6.61 Å². The summed E-state index contributed by atoms with van der Waals surface area (Å²) in [6, 6.07) is 0. The average Bonchev–Trinajstić information content (AvgIpc) is 2.15. The van der Waals surface area contributed by atoms with Crippen LogP contribution in [0.15, 0.2) is 0 Å². The molecule has 0 saturated heterocycles. The van der Waals surface area contributed by atoms with Crippen molar-refractivity contribution in [2.45, 2.75) is 23.1 Å². The maximum atomic E-state index is 9.51. The number of halogens is 10. The van der Waals surface area contributed by atoms with E-state index in [0.717, 1.165) is 0 Å². The summed E-state index contributed by atoms with van der Waals surface area (Å²) >= 11 is 35.7. The van der Waals surface area contributed by atoms with Gasteiger partial charge in [-0.05, 0) is 6.92 Å². The van der Waals surface area contributed by atoms with Gasteiger partial charge in [0.1, 0.15) is 16.2 Å². The molecule has 1 nitrogen and oxygen atoms in total. The molecule has 0 unspecified atom stereocenters. The molecule has 11 heteroatoms.